The molecule has 162 valence electrons. The van der Waals surface area contributed by atoms with Gasteiger partial charge >= 0.3 is 0 Å². The van der Waals surface area contributed by atoms with Gasteiger partial charge in [0.15, 0.2) is 0 Å². The minimum atomic E-state index is 0.0574. The number of rotatable bonds is 7. The van der Waals surface area contributed by atoms with E-state index in [2.05, 4.69) is 47.8 Å². The standard InChI is InChI=1S/C24H34N4OS/c1-6-27(4)16-25-21-13-17(2)19(12-18(21)3)14-23-26-22(15-30-23)24(29)28(5)20-10-8-7-9-11-20/h12-13,15-16,20H,6-11,14H2,1-5H3/b25-16+. The van der Waals surface area contributed by atoms with Crippen LogP contribution in [0.2, 0.25) is 0 Å². The highest BCUT2D eigenvalue weighted by Crippen LogP contribution is 2.27. The lowest BCUT2D eigenvalue weighted by atomic mass is 9.94. The number of carbonyl (C=O) groups is 1. The molecule has 0 unspecified atom stereocenters. The number of aryl methyl sites for hydroxylation is 2. The maximum Gasteiger partial charge on any atom is 0.273 e. The van der Waals surface area contributed by atoms with Crippen LogP contribution in [-0.4, -0.2) is 53.7 Å². The first-order valence-corrected chi connectivity index (χ1v) is 11.8. The van der Waals surface area contributed by atoms with Crippen molar-refractivity contribution in [2.45, 2.75) is 65.3 Å². The fourth-order valence-electron chi connectivity index (χ4n) is 3.90. The van der Waals surface area contributed by atoms with Gasteiger partial charge in [0.2, 0.25) is 0 Å². The summed E-state index contributed by atoms with van der Waals surface area (Å²) >= 11 is 1.58. The van der Waals surface area contributed by atoms with Gasteiger partial charge in [0.25, 0.3) is 5.91 Å². The van der Waals surface area contributed by atoms with E-state index in [1.807, 2.05) is 30.7 Å². The van der Waals surface area contributed by atoms with Crippen molar-refractivity contribution in [2.24, 2.45) is 4.99 Å². The molecule has 1 fully saturated rings. The summed E-state index contributed by atoms with van der Waals surface area (Å²) in [7, 11) is 3.95. The fourth-order valence-corrected chi connectivity index (χ4v) is 4.69. The summed E-state index contributed by atoms with van der Waals surface area (Å²) in [5, 5.41) is 2.90. The molecule has 1 heterocycles. The fraction of sp³-hybridized carbons (Fsp3) is 0.542. The monoisotopic (exact) mass is 426 g/mol. The Hall–Kier alpha value is -2.21. The van der Waals surface area contributed by atoms with Crippen molar-refractivity contribution in [1.29, 1.82) is 0 Å². The third-order valence-corrected chi connectivity index (χ3v) is 6.95. The smallest absolute Gasteiger partial charge is 0.273 e. The van der Waals surface area contributed by atoms with Crippen LogP contribution in [0.5, 0.6) is 0 Å². The lowest BCUT2D eigenvalue weighted by Crippen LogP contribution is -2.38. The Morgan fingerprint density at radius 2 is 1.93 bits per heavy atom. The van der Waals surface area contributed by atoms with E-state index in [0.717, 1.165) is 42.1 Å². The molecule has 3 rings (SSSR count). The van der Waals surface area contributed by atoms with Crippen LogP contribution in [-0.2, 0) is 6.42 Å². The van der Waals surface area contributed by atoms with E-state index in [9.17, 15) is 4.79 Å². The second-order valence-corrected chi connectivity index (χ2v) is 9.34. The summed E-state index contributed by atoms with van der Waals surface area (Å²) in [5.74, 6) is 0.0574. The van der Waals surface area contributed by atoms with Gasteiger partial charge in [0, 0.05) is 38.5 Å². The molecule has 1 saturated carbocycles. The molecule has 1 aromatic heterocycles. The molecule has 6 heteroatoms. The Bertz CT molecular complexity index is 899. The highest BCUT2D eigenvalue weighted by atomic mass is 32.1. The van der Waals surface area contributed by atoms with E-state index in [1.54, 1.807) is 11.3 Å². The largest absolute Gasteiger partial charge is 0.366 e. The Balaban J connectivity index is 1.70. The second-order valence-electron chi connectivity index (χ2n) is 8.39. The van der Waals surface area contributed by atoms with Gasteiger partial charge in [-0.15, -0.1) is 11.3 Å². The van der Waals surface area contributed by atoms with Gasteiger partial charge in [-0.1, -0.05) is 25.3 Å². The predicted octanol–water partition coefficient (Wildman–Crippen LogP) is 5.37. The van der Waals surface area contributed by atoms with Crippen molar-refractivity contribution >= 4 is 29.3 Å². The van der Waals surface area contributed by atoms with Crippen LogP contribution >= 0.6 is 11.3 Å². The van der Waals surface area contributed by atoms with E-state index in [1.165, 1.54) is 30.4 Å². The molecule has 0 aliphatic heterocycles. The third kappa shape index (κ3) is 5.48. The van der Waals surface area contributed by atoms with Crippen molar-refractivity contribution < 1.29 is 4.79 Å². The van der Waals surface area contributed by atoms with Crippen LogP contribution in [0.4, 0.5) is 5.69 Å². The van der Waals surface area contributed by atoms with Gasteiger partial charge in [0.1, 0.15) is 5.69 Å². The molecule has 2 aromatic rings. The number of benzene rings is 1. The first-order valence-electron chi connectivity index (χ1n) is 10.9. The molecule has 1 aromatic carbocycles. The molecule has 0 N–H and O–H groups in total. The number of thiazole rings is 1. The van der Waals surface area contributed by atoms with Crippen LogP contribution in [0.15, 0.2) is 22.5 Å². The van der Waals surface area contributed by atoms with Gasteiger partial charge in [0.05, 0.1) is 17.0 Å². The maximum absolute atomic E-state index is 12.9. The molecule has 1 aliphatic rings. The van der Waals surface area contributed by atoms with E-state index in [-0.39, 0.29) is 5.91 Å². The van der Waals surface area contributed by atoms with Gasteiger partial charge in [-0.3, -0.25) is 4.79 Å². The average molecular weight is 427 g/mol. The number of hydrogen-bond donors (Lipinski definition) is 0. The Kier molecular flexibility index (Phi) is 7.64. The summed E-state index contributed by atoms with van der Waals surface area (Å²) in [6.45, 7) is 7.25. The van der Waals surface area contributed by atoms with Crippen LogP contribution in [0.3, 0.4) is 0 Å². The van der Waals surface area contributed by atoms with Gasteiger partial charge in [-0.2, -0.15) is 0 Å². The molecule has 0 atom stereocenters. The normalized spacial score (nSPS) is 15.0. The zero-order chi connectivity index (χ0) is 21.7. The molecule has 30 heavy (non-hydrogen) atoms. The number of carbonyl (C=O) groups excluding carboxylic acids is 1. The minimum Gasteiger partial charge on any atom is -0.366 e. The van der Waals surface area contributed by atoms with Crippen LogP contribution in [0, 0.1) is 13.8 Å². The van der Waals surface area contributed by atoms with Crippen LogP contribution in [0.25, 0.3) is 0 Å². The van der Waals surface area contributed by atoms with E-state index >= 15 is 0 Å². The highest BCUT2D eigenvalue weighted by Gasteiger charge is 2.24. The number of nitrogens with zero attached hydrogens (tertiary/aromatic N) is 4. The van der Waals surface area contributed by atoms with Crippen molar-refractivity contribution in [3.8, 4) is 0 Å². The van der Waals surface area contributed by atoms with Crippen molar-refractivity contribution in [2.75, 3.05) is 20.6 Å². The zero-order valence-electron chi connectivity index (χ0n) is 18.9. The Morgan fingerprint density at radius 1 is 1.20 bits per heavy atom. The first kappa shape index (κ1) is 22.5. The summed E-state index contributed by atoms with van der Waals surface area (Å²) in [4.78, 5) is 26.1. The summed E-state index contributed by atoms with van der Waals surface area (Å²) < 4.78 is 0. The van der Waals surface area contributed by atoms with Crippen LogP contribution in [0.1, 0.15) is 71.2 Å². The van der Waals surface area contributed by atoms with E-state index < -0.39 is 0 Å². The number of amides is 1. The third-order valence-electron chi connectivity index (χ3n) is 6.10. The van der Waals surface area contributed by atoms with E-state index in [4.69, 9.17) is 0 Å². The van der Waals surface area contributed by atoms with Gasteiger partial charge in [-0.05, 0) is 56.4 Å². The second kappa shape index (κ2) is 10.2. The molecule has 1 amide bonds. The van der Waals surface area contributed by atoms with E-state index in [0.29, 0.717) is 11.7 Å². The first-order chi connectivity index (χ1) is 14.4. The Morgan fingerprint density at radius 3 is 2.63 bits per heavy atom. The van der Waals surface area contributed by atoms with Crippen molar-refractivity contribution in [3.63, 3.8) is 0 Å². The van der Waals surface area contributed by atoms with Gasteiger partial charge < -0.3 is 9.80 Å². The van der Waals surface area contributed by atoms with Crippen molar-refractivity contribution in [3.05, 3.63) is 44.9 Å². The van der Waals surface area contributed by atoms with Crippen molar-refractivity contribution in [1.82, 2.24) is 14.8 Å². The lowest BCUT2D eigenvalue weighted by molar-refractivity contribution is 0.0691. The zero-order valence-corrected chi connectivity index (χ0v) is 19.8. The molecule has 0 radical (unpaired) electrons. The summed E-state index contributed by atoms with van der Waals surface area (Å²) in [6.07, 6.45) is 8.58. The maximum atomic E-state index is 12.9. The Labute approximate surface area is 184 Å². The molecular formula is C24H34N4OS. The molecule has 0 bridgehead atoms. The molecule has 0 spiro atoms. The lowest BCUT2D eigenvalue weighted by Gasteiger charge is -2.30. The SMILES string of the molecule is CCN(C)/C=N/c1cc(C)c(Cc2nc(C(=O)N(C)C3CCCCC3)cs2)cc1C. The molecule has 5 nitrogen and oxygen atoms in total. The average Bonchev–Trinajstić information content (AvgIpc) is 3.22. The molecular weight excluding hydrogens is 392 g/mol. The highest BCUT2D eigenvalue weighted by molar-refractivity contribution is 7.09. The van der Waals surface area contributed by atoms with Gasteiger partial charge in [-0.25, -0.2) is 9.98 Å². The topological polar surface area (TPSA) is 48.8 Å². The summed E-state index contributed by atoms with van der Waals surface area (Å²) in [5.41, 5.74) is 5.18. The molecule has 1 aliphatic carbocycles. The minimum absolute atomic E-state index is 0.0574. The summed E-state index contributed by atoms with van der Waals surface area (Å²) in [6, 6.07) is 4.70. The molecule has 0 saturated heterocycles. The number of aliphatic imine (C=N–C) groups is 1. The number of hydrogen-bond acceptors (Lipinski definition) is 4. The number of aromatic nitrogens is 1. The predicted molar refractivity (Wildman–Crippen MR) is 126 cm³/mol. The quantitative estimate of drug-likeness (QED) is 0.442. The van der Waals surface area contributed by atoms with Crippen LogP contribution < -0.4 is 0 Å².